The third-order valence-corrected chi connectivity index (χ3v) is 7.19. The molecule has 0 aliphatic carbocycles. The molecule has 0 bridgehead atoms. The molecule has 0 saturated heterocycles. The van der Waals surface area contributed by atoms with E-state index in [2.05, 4.69) is 4.98 Å². The number of benzene rings is 3. The van der Waals surface area contributed by atoms with Gasteiger partial charge in [0, 0.05) is 17.4 Å². The summed E-state index contributed by atoms with van der Waals surface area (Å²) in [7, 11) is -3.40. The minimum atomic E-state index is -3.40. The molecule has 0 amide bonds. The molecule has 1 atom stereocenters. The second kappa shape index (κ2) is 9.46. The van der Waals surface area contributed by atoms with E-state index in [-0.39, 0.29) is 29.4 Å². The molecule has 0 fully saturated rings. The number of rotatable bonds is 8. The van der Waals surface area contributed by atoms with Crippen LogP contribution in [0, 0.1) is 5.82 Å². The lowest BCUT2D eigenvalue weighted by Gasteiger charge is -2.24. The molecule has 3 aromatic carbocycles. The zero-order valence-corrected chi connectivity index (χ0v) is 20.0. The van der Waals surface area contributed by atoms with Crippen molar-refractivity contribution in [1.82, 2.24) is 4.98 Å². The molecular weight excluding hydrogens is 469 g/mol. The van der Waals surface area contributed by atoms with Crippen LogP contribution in [0.15, 0.2) is 88.2 Å². The van der Waals surface area contributed by atoms with E-state index in [4.69, 9.17) is 4.42 Å². The number of carbonyl (C=O) groups is 1. The molecule has 8 heteroatoms. The number of aromatic nitrogens is 1. The molecule has 0 aliphatic rings. The highest BCUT2D eigenvalue weighted by atomic mass is 32.2. The van der Waals surface area contributed by atoms with Gasteiger partial charge in [0.05, 0.1) is 4.90 Å². The molecule has 4 rings (SSSR count). The van der Waals surface area contributed by atoms with Gasteiger partial charge < -0.3 is 9.52 Å². The first kappa shape index (κ1) is 24.3. The summed E-state index contributed by atoms with van der Waals surface area (Å²) < 4.78 is 43.5. The average molecular weight is 494 g/mol. The zero-order valence-electron chi connectivity index (χ0n) is 19.2. The Bertz CT molecular complexity index is 1450. The van der Waals surface area contributed by atoms with E-state index in [1.807, 2.05) is 30.3 Å². The first-order chi connectivity index (χ1) is 16.6. The maximum absolute atomic E-state index is 13.6. The van der Waals surface area contributed by atoms with E-state index >= 15 is 0 Å². The maximum Gasteiger partial charge on any atom is 0.319 e. The van der Waals surface area contributed by atoms with Crippen LogP contribution >= 0.6 is 0 Å². The number of halogens is 1. The number of nitrogens with zero attached hydrogens (tertiary/aromatic N) is 1. The number of carboxylic acids is 1. The van der Waals surface area contributed by atoms with Crippen LogP contribution in [-0.2, 0) is 26.5 Å². The van der Waals surface area contributed by atoms with Crippen LogP contribution < -0.4 is 0 Å². The molecule has 0 spiro atoms. The van der Waals surface area contributed by atoms with E-state index in [0.29, 0.717) is 16.8 Å². The Kier molecular flexibility index (Phi) is 6.58. The summed E-state index contributed by atoms with van der Waals surface area (Å²) in [6.07, 6.45) is 1.49. The van der Waals surface area contributed by atoms with E-state index in [0.717, 1.165) is 11.8 Å². The van der Waals surface area contributed by atoms with Crippen molar-refractivity contribution in [1.29, 1.82) is 0 Å². The second-order valence-electron chi connectivity index (χ2n) is 8.40. The third-order valence-electron chi connectivity index (χ3n) is 6.06. The highest BCUT2D eigenvalue weighted by molar-refractivity contribution is 7.90. The second-order valence-corrected chi connectivity index (χ2v) is 10.4. The monoisotopic (exact) mass is 493 g/mol. The molecule has 6 nitrogen and oxygen atoms in total. The van der Waals surface area contributed by atoms with Gasteiger partial charge in [0.2, 0.25) is 5.89 Å². The van der Waals surface area contributed by atoms with Crippen molar-refractivity contribution >= 4 is 15.8 Å². The van der Waals surface area contributed by atoms with Gasteiger partial charge in [-0.2, -0.15) is 0 Å². The van der Waals surface area contributed by atoms with E-state index in [1.165, 1.54) is 36.4 Å². The van der Waals surface area contributed by atoms with Gasteiger partial charge in [0.1, 0.15) is 16.9 Å². The Morgan fingerprint density at radius 2 is 1.57 bits per heavy atom. The maximum atomic E-state index is 13.6. The van der Waals surface area contributed by atoms with Crippen LogP contribution in [0.4, 0.5) is 4.39 Å². The number of carboxylic acid groups (broad SMARTS) is 1. The van der Waals surface area contributed by atoms with Crippen molar-refractivity contribution in [2.45, 2.75) is 30.1 Å². The van der Waals surface area contributed by atoms with E-state index in [9.17, 15) is 22.7 Å². The fraction of sp³-hybridized carbons (Fsp3) is 0.185. The van der Waals surface area contributed by atoms with Crippen molar-refractivity contribution < 1.29 is 27.1 Å². The highest BCUT2D eigenvalue weighted by Crippen LogP contribution is 2.40. The minimum absolute atomic E-state index is 0.0258. The molecule has 35 heavy (non-hydrogen) atoms. The molecule has 1 aromatic heterocycles. The molecule has 1 heterocycles. The number of oxazole rings is 1. The van der Waals surface area contributed by atoms with Crippen molar-refractivity contribution in [3.8, 4) is 22.6 Å². The van der Waals surface area contributed by atoms with Crippen LogP contribution in [0.25, 0.3) is 22.6 Å². The summed E-state index contributed by atoms with van der Waals surface area (Å²) in [5, 5.41) is 10.3. The molecule has 1 N–H and O–H groups in total. The normalized spacial score (nSPS) is 13.3. The van der Waals surface area contributed by atoms with Crippen molar-refractivity contribution in [3.05, 3.63) is 96.1 Å². The molecule has 0 radical (unpaired) electrons. The quantitative estimate of drug-likeness (QED) is 0.347. The first-order valence-electron chi connectivity index (χ1n) is 11.0. The lowest BCUT2D eigenvalue weighted by molar-refractivity contribution is -0.145. The Morgan fingerprint density at radius 3 is 2.11 bits per heavy atom. The molecular formula is C27H24FNO5S. The number of hydrogen-bond donors (Lipinski definition) is 1. The lowest BCUT2D eigenvalue weighted by atomic mass is 9.79. The van der Waals surface area contributed by atoms with Crippen molar-refractivity contribution in [2.75, 3.05) is 6.26 Å². The molecule has 180 valence electrons. The minimum Gasteiger partial charge on any atom is -0.480 e. The van der Waals surface area contributed by atoms with Gasteiger partial charge in [-0.05, 0) is 66.9 Å². The molecule has 1 unspecified atom stereocenters. The van der Waals surface area contributed by atoms with Crippen LogP contribution in [0.2, 0.25) is 0 Å². The van der Waals surface area contributed by atoms with Gasteiger partial charge in [-0.25, -0.2) is 17.8 Å². The number of aliphatic carboxylic acids is 1. The van der Waals surface area contributed by atoms with Crippen LogP contribution in [0.1, 0.15) is 24.8 Å². The first-order valence-corrected chi connectivity index (χ1v) is 12.9. The molecule has 0 saturated carbocycles. The summed E-state index contributed by atoms with van der Waals surface area (Å²) in [5.41, 5.74) is 0.780. The SMILES string of the molecule is CCC(Cc1ccccc1)(C(=O)O)c1nc(-c2ccc(F)cc2)c(-c2ccc(S(C)(=O)=O)cc2)o1. The van der Waals surface area contributed by atoms with Crippen LogP contribution in [-0.4, -0.2) is 30.7 Å². The fourth-order valence-electron chi connectivity index (χ4n) is 3.99. The van der Waals surface area contributed by atoms with Crippen molar-refractivity contribution in [3.63, 3.8) is 0 Å². The predicted molar refractivity (Wildman–Crippen MR) is 130 cm³/mol. The molecule has 4 aromatic rings. The smallest absolute Gasteiger partial charge is 0.319 e. The van der Waals surface area contributed by atoms with Gasteiger partial charge in [-0.15, -0.1) is 0 Å². The van der Waals surface area contributed by atoms with Crippen LogP contribution in [0.5, 0.6) is 0 Å². The van der Waals surface area contributed by atoms with Crippen molar-refractivity contribution in [2.24, 2.45) is 0 Å². The Hall–Kier alpha value is -3.78. The third kappa shape index (κ3) is 4.88. The largest absolute Gasteiger partial charge is 0.480 e. The summed E-state index contributed by atoms with van der Waals surface area (Å²) in [6, 6.07) is 21.0. The van der Waals surface area contributed by atoms with Gasteiger partial charge in [0.25, 0.3) is 0 Å². The lowest BCUT2D eigenvalue weighted by Crippen LogP contribution is -2.38. The zero-order chi connectivity index (χ0) is 25.2. The Morgan fingerprint density at radius 1 is 0.971 bits per heavy atom. The fourth-order valence-corrected chi connectivity index (χ4v) is 4.62. The summed E-state index contributed by atoms with van der Waals surface area (Å²) >= 11 is 0. The topological polar surface area (TPSA) is 97.5 Å². The molecule has 0 aliphatic heterocycles. The summed E-state index contributed by atoms with van der Waals surface area (Å²) in [6.45, 7) is 1.76. The highest BCUT2D eigenvalue weighted by Gasteiger charge is 2.44. The summed E-state index contributed by atoms with van der Waals surface area (Å²) in [4.78, 5) is 17.4. The van der Waals surface area contributed by atoms with Crippen LogP contribution in [0.3, 0.4) is 0 Å². The van der Waals surface area contributed by atoms with E-state index < -0.39 is 27.0 Å². The Labute approximate surface area is 203 Å². The van der Waals surface area contributed by atoms with Gasteiger partial charge in [-0.3, -0.25) is 4.79 Å². The summed E-state index contributed by atoms with van der Waals surface area (Å²) in [5.74, 6) is -1.19. The number of hydrogen-bond acceptors (Lipinski definition) is 5. The Balaban J connectivity index is 1.91. The standard InChI is InChI=1S/C27H24FNO5S/c1-3-27(26(30)31,17-18-7-5-4-6-8-18)25-29-23(19-9-13-21(28)14-10-19)24(34-25)20-11-15-22(16-12-20)35(2,32)33/h4-16H,3,17H2,1-2H3,(H,30,31). The van der Waals surface area contributed by atoms with Gasteiger partial charge >= 0.3 is 5.97 Å². The number of sulfone groups is 1. The predicted octanol–water partition coefficient (Wildman–Crippen LogP) is 5.53. The van der Waals surface area contributed by atoms with Gasteiger partial charge in [0.15, 0.2) is 15.6 Å². The average Bonchev–Trinajstić information content (AvgIpc) is 3.29. The van der Waals surface area contributed by atoms with Gasteiger partial charge in [-0.1, -0.05) is 37.3 Å². The van der Waals surface area contributed by atoms with E-state index in [1.54, 1.807) is 19.1 Å².